The van der Waals surface area contributed by atoms with Crippen LogP contribution in [0.3, 0.4) is 0 Å². The Balaban J connectivity index is 1.59. The van der Waals surface area contributed by atoms with Crippen LogP contribution >= 0.6 is 0 Å². The van der Waals surface area contributed by atoms with Crippen LogP contribution in [-0.4, -0.2) is 57.8 Å². The lowest BCUT2D eigenvalue weighted by Crippen LogP contribution is -2.46. The summed E-state index contributed by atoms with van der Waals surface area (Å²) in [4.78, 5) is 14.2. The maximum absolute atomic E-state index is 12.4. The first-order chi connectivity index (χ1) is 10.8. The molecule has 0 radical (unpaired) electrons. The van der Waals surface area contributed by atoms with Gasteiger partial charge in [-0.25, -0.2) is 13.1 Å². The van der Waals surface area contributed by atoms with Crippen LogP contribution in [0, 0.1) is 18.8 Å². The zero-order chi connectivity index (χ0) is 16.6. The van der Waals surface area contributed by atoms with Crippen molar-refractivity contribution in [1.82, 2.24) is 9.62 Å². The second-order valence-corrected chi connectivity index (χ2v) is 8.20. The highest BCUT2D eigenvalue weighted by Crippen LogP contribution is 2.34. The predicted molar refractivity (Wildman–Crippen MR) is 83.5 cm³/mol. The minimum atomic E-state index is -3.21. The molecule has 0 bridgehead atoms. The number of carbonyl (C=O) groups excluding carboxylic acids is 1. The lowest BCUT2D eigenvalue weighted by molar-refractivity contribution is 0.0585. The Morgan fingerprint density at radius 2 is 2.22 bits per heavy atom. The molecule has 1 aromatic heterocycles. The molecule has 8 heteroatoms. The average Bonchev–Trinajstić information content (AvgIpc) is 3.09. The van der Waals surface area contributed by atoms with Crippen molar-refractivity contribution in [3.63, 3.8) is 0 Å². The predicted octanol–water partition coefficient (Wildman–Crippen LogP) is 0.614. The average molecular weight is 342 g/mol. The molecule has 1 amide bonds. The monoisotopic (exact) mass is 342 g/mol. The SMILES string of the molecule is Cc1ccc(C(=O)N2CC[C@@H]3[C@@H](CO[C@@H]3CNS(C)(=O)=O)C2)o1. The van der Waals surface area contributed by atoms with Crippen molar-refractivity contribution >= 4 is 15.9 Å². The second-order valence-electron chi connectivity index (χ2n) is 6.37. The maximum atomic E-state index is 12.4. The van der Waals surface area contributed by atoms with Gasteiger partial charge in [0.2, 0.25) is 10.0 Å². The summed E-state index contributed by atoms with van der Waals surface area (Å²) in [6.45, 7) is 3.93. The van der Waals surface area contributed by atoms with Gasteiger partial charge in [0.1, 0.15) is 5.76 Å². The fraction of sp³-hybridized carbons (Fsp3) is 0.667. The van der Waals surface area contributed by atoms with Crippen LogP contribution in [0.4, 0.5) is 0 Å². The summed E-state index contributed by atoms with van der Waals surface area (Å²) in [6, 6.07) is 3.49. The van der Waals surface area contributed by atoms with E-state index in [4.69, 9.17) is 9.15 Å². The number of rotatable bonds is 4. The second kappa shape index (κ2) is 6.26. The van der Waals surface area contributed by atoms with Crippen LogP contribution in [0.15, 0.2) is 16.5 Å². The minimum Gasteiger partial charge on any atom is -0.456 e. The first kappa shape index (κ1) is 16.5. The maximum Gasteiger partial charge on any atom is 0.289 e. The Morgan fingerprint density at radius 1 is 1.43 bits per heavy atom. The van der Waals surface area contributed by atoms with Gasteiger partial charge in [-0.1, -0.05) is 0 Å². The minimum absolute atomic E-state index is 0.0886. The van der Waals surface area contributed by atoms with Gasteiger partial charge in [0.25, 0.3) is 5.91 Å². The van der Waals surface area contributed by atoms with Crippen molar-refractivity contribution in [2.24, 2.45) is 11.8 Å². The third-order valence-electron chi connectivity index (χ3n) is 4.58. The molecule has 3 rings (SSSR count). The number of hydrogen-bond donors (Lipinski definition) is 1. The first-order valence-corrected chi connectivity index (χ1v) is 9.64. The van der Waals surface area contributed by atoms with Crippen molar-refractivity contribution in [2.45, 2.75) is 19.4 Å². The standard InChI is InChI=1S/C15H22N2O5S/c1-10-3-4-13(22-10)15(18)17-6-5-12-11(8-17)9-21-14(12)7-16-23(2,19)20/h3-4,11-12,14,16H,5-9H2,1-2H3/t11-,12-,14-/m1/s1. The largest absolute Gasteiger partial charge is 0.456 e. The number of carbonyl (C=O) groups is 1. The third-order valence-corrected chi connectivity index (χ3v) is 5.27. The molecule has 0 spiro atoms. The number of amides is 1. The summed E-state index contributed by atoms with van der Waals surface area (Å²) < 4.78 is 36.1. The van der Waals surface area contributed by atoms with E-state index in [1.807, 2.05) is 6.92 Å². The summed E-state index contributed by atoms with van der Waals surface area (Å²) in [5.74, 6) is 1.53. The first-order valence-electron chi connectivity index (χ1n) is 7.75. The van der Waals surface area contributed by atoms with E-state index in [1.165, 1.54) is 0 Å². The summed E-state index contributed by atoms with van der Waals surface area (Å²) in [7, 11) is -3.21. The van der Waals surface area contributed by atoms with Crippen LogP contribution in [0.2, 0.25) is 0 Å². The molecular formula is C15H22N2O5S. The van der Waals surface area contributed by atoms with E-state index >= 15 is 0 Å². The number of nitrogens with zero attached hydrogens (tertiary/aromatic N) is 1. The number of ether oxygens (including phenoxy) is 1. The van der Waals surface area contributed by atoms with E-state index < -0.39 is 10.0 Å². The quantitative estimate of drug-likeness (QED) is 0.866. The van der Waals surface area contributed by atoms with Gasteiger partial charge in [-0.3, -0.25) is 4.79 Å². The summed E-state index contributed by atoms with van der Waals surface area (Å²) in [6.07, 6.45) is 1.84. The fourth-order valence-electron chi connectivity index (χ4n) is 3.42. The number of piperidine rings is 1. The molecule has 1 N–H and O–H groups in total. The zero-order valence-corrected chi connectivity index (χ0v) is 14.1. The molecule has 23 heavy (non-hydrogen) atoms. The molecule has 0 saturated carbocycles. The van der Waals surface area contributed by atoms with E-state index in [1.54, 1.807) is 17.0 Å². The number of likely N-dealkylation sites (tertiary alicyclic amines) is 1. The number of nitrogens with one attached hydrogen (secondary N) is 1. The molecule has 2 aliphatic heterocycles. The molecule has 128 valence electrons. The van der Waals surface area contributed by atoms with Gasteiger partial charge < -0.3 is 14.1 Å². The number of hydrogen-bond acceptors (Lipinski definition) is 5. The molecule has 2 aliphatic rings. The highest BCUT2D eigenvalue weighted by molar-refractivity contribution is 7.88. The fourth-order valence-corrected chi connectivity index (χ4v) is 3.89. The van der Waals surface area contributed by atoms with E-state index in [-0.39, 0.29) is 23.8 Å². The molecular weight excluding hydrogens is 320 g/mol. The van der Waals surface area contributed by atoms with Crippen molar-refractivity contribution in [3.05, 3.63) is 23.7 Å². The summed E-state index contributed by atoms with van der Waals surface area (Å²) in [5, 5.41) is 0. The van der Waals surface area contributed by atoms with Gasteiger partial charge in [-0.2, -0.15) is 0 Å². The van der Waals surface area contributed by atoms with E-state index in [0.717, 1.165) is 18.4 Å². The molecule has 2 fully saturated rings. The Labute approximate surface area is 136 Å². The Hall–Kier alpha value is -1.38. The smallest absolute Gasteiger partial charge is 0.289 e. The molecule has 3 atom stereocenters. The van der Waals surface area contributed by atoms with Crippen molar-refractivity contribution in [2.75, 3.05) is 32.5 Å². The number of fused-ring (bicyclic) bond motifs is 1. The van der Waals surface area contributed by atoms with Crippen LogP contribution in [-0.2, 0) is 14.8 Å². The highest BCUT2D eigenvalue weighted by atomic mass is 32.2. The molecule has 7 nitrogen and oxygen atoms in total. The zero-order valence-electron chi connectivity index (χ0n) is 13.3. The van der Waals surface area contributed by atoms with Crippen LogP contribution in [0.1, 0.15) is 22.7 Å². The van der Waals surface area contributed by atoms with Gasteiger partial charge in [0, 0.05) is 25.6 Å². The van der Waals surface area contributed by atoms with Gasteiger partial charge in [-0.05, 0) is 31.4 Å². The van der Waals surface area contributed by atoms with E-state index in [9.17, 15) is 13.2 Å². The van der Waals surface area contributed by atoms with Gasteiger partial charge >= 0.3 is 0 Å². The van der Waals surface area contributed by atoms with Crippen molar-refractivity contribution in [3.8, 4) is 0 Å². The number of aryl methyl sites for hydroxylation is 1. The van der Waals surface area contributed by atoms with Crippen LogP contribution in [0.25, 0.3) is 0 Å². The van der Waals surface area contributed by atoms with Crippen LogP contribution in [0.5, 0.6) is 0 Å². The number of sulfonamides is 1. The highest BCUT2D eigenvalue weighted by Gasteiger charge is 2.42. The lowest BCUT2D eigenvalue weighted by Gasteiger charge is -2.35. The Bertz CT molecular complexity index is 684. The molecule has 1 aromatic rings. The topological polar surface area (TPSA) is 88.9 Å². The summed E-state index contributed by atoms with van der Waals surface area (Å²) in [5.41, 5.74) is 0. The van der Waals surface area contributed by atoms with E-state index in [0.29, 0.717) is 32.0 Å². The van der Waals surface area contributed by atoms with Gasteiger partial charge in [0.05, 0.1) is 19.0 Å². The third kappa shape index (κ3) is 3.76. The Morgan fingerprint density at radius 3 is 2.87 bits per heavy atom. The van der Waals surface area contributed by atoms with E-state index in [2.05, 4.69) is 4.72 Å². The molecule has 0 aliphatic carbocycles. The molecule has 2 saturated heterocycles. The molecule has 0 unspecified atom stereocenters. The Kier molecular flexibility index (Phi) is 4.48. The number of furan rings is 1. The van der Waals surface area contributed by atoms with Crippen LogP contribution < -0.4 is 4.72 Å². The normalized spacial score (nSPS) is 27.9. The molecule has 0 aromatic carbocycles. The van der Waals surface area contributed by atoms with Crippen molar-refractivity contribution < 1.29 is 22.4 Å². The molecule has 3 heterocycles. The van der Waals surface area contributed by atoms with Gasteiger partial charge in [0.15, 0.2) is 5.76 Å². The summed E-state index contributed by atoms with van der Waals surface area (Å²) >= 11 is 0. The van der Waals surface area contributed by atoms with Crippen molar-refractivity contribution in [1.29, 1.82) is 0 Å². The lowest BCUT2D eigenvalue weighted by atomic mass is 9.84. The van der Waals surface area contributed by atoms with Gasteiger partial charge in [-0.15, -0.1) is 0 Å².